The molecule has 102 valence electrons. The minimum atomic E-state index is -0.772. The largest absolute Gasteiger partial charge is 0.465 e. The number of nitro groups is 1. The van der Waals surface area contributed by atoms with Crippen LogP contribution >= 0.6 is 0 Å². The van der Waals surface area contributed by atoms with Crippen molar-refractivity contribution in [2.24, 2.45) is 0 Å². The van der Waals surface area contributed by atoms with E-state index in [0.29, 0.717) is 11.1 Å². The van der Waals surface area contributed by atoms with E-state index in [-0.39, 0.29) is 11.3 Å². The van der Waals surface area contributed by atoms with Crippen molar-refractivity contribution in [3.63, 3.8) is 0 Å². The van der Waals surface area contributed by atoms with Crippen LogP contribution in [0.4, 0.5) is 10.1 Å². The molecule has 0 atom stereocenters. The summed E-state index contributed by atoms with van der Waals surface area (Å²) in [4.78, 5) is 21.5. The first-order valence-corrected chi connectivity index (χ1v) is 5.65. The number of carbonyl (C=O) groups excluding carboxylic acids is 1. The van der Waals surface area contributed by atoms with Crippen LogP contribution in [0.25, 0.3) is 11.1 Å². The Hall–Kier alpha value is -2.76. The molecule has 2 aromatic carbocycles. The molecule has 0 fully saturated rings. The average molecular weight is 275 g/mol. The van der Waals surface area contributed by atoms with Crippen LogP contribution in [0.3, 0.4) is 0 Å². The third kappa shape index (κ3) is 2.64. The molecule has 0 heterocycles. The molecular weight excluding hydrogens is 265 g/mol. The standard InChI is InChI=1S/C14H10FNO4/c1-20-14(17)12-8-10(4-7-13(12)15)9-2-5-11(6-3-9)16(18)19/h2-8H,1H3. The zero-order valence-electron chi connectivity index (χ0n) is 10.5. The molecule has 0 N–H and O–H groups in total. The summed E-state index contributed by atoms with van der Waals surface area (Å²) < 4.78 is 18.0. The Morgan fingerprint density at radius 1 is 1.15 bits per heavy atom. The van der Waals surface area contributed by atoms with Gasteiger partial charge in [-0.1, -0.05) is 6.07 Å². The second-order valence-electron chi connectivity index (χ2n) is 3.99. The lowest BCUT2D eigenvalue weighted by Gasteiger charge is -2.05. The van der Waals surface area contributed by atoms with Crippen molar-refractivity contribution in [2.75, 3.05) is 7.11 Å². The van der Waals surface area contributed by atoms with Crippen LogP contribution in [0.15, 0.2) is 42.5 Å². The van der Waals surface area contributed by atoms with Crippen LogP contribution in [-0.4, -0.2) is 18.0 Å². The molecule has 2 aromatic rings. The molecule has 0 aliphatic rings. The molecular formula is C14H10FNO4. The Balaban J connectivity index is 2.42. The van der Waals surface area contributed by atoms with Gasteiger partial charge in [0.2, 0.25) is 0 Å². The van der Waals surface area contributed by atoms with Gasteiger partial charge in [-0.2, -0.15) is 0 Å². The molecule has 0 spiro atoms. The van der Waals surface area contributed by atoms with Crippen molar-refractivity contribution in [2.45, 2.75) is 0 Å². The van der Waals surface area contributed by atoms with Crippen molar-refractivity contribution in [1.29, 1.82) is 0 Å². The fraction of sp³-hybridized carbons (Fsp3) is 0.0714. The third-order valence-electron chi connectivity index (χ3n) is 2.78. The summed E-state index contributed by atoms with van der Waals surface area (Å²) in [5, 5.41) is 10.6. The van der Waals surface area contributed by atoms with E-state index in [1.165, 1.54) is 43.5 Å². The number of halogens is 1. The van der Waals surface area contributed by atoms with Crippen LogP contribution in [0.2, 0.25) is 0 Å². The van der Waals surface area contributed by atoms with Gasteiger partial charge in [-0.3, -0.25) is 10.1 Å². The predicted molar refractivity (Wildman–Crippen MR) is 69.8 cm³/mol. The number of non-ortho nitro benzene ring substituents is 1. The van der Waals surface area contributed by atoms with E-state index >= 15 is 0 Å². The highest BCUT2D eigenvalue weighted by molar-refractivity contribution is 5.91. The van der Waals surface area contributed by atoms with Gasteiger partial charge in [0.25, 0.3) is 5.69 Å². The van der Waals surface area contributed by atoms with Crippen LogP contribution < -0.4 is 0 Å². The van der Waals surface area contributed by atoms with Gasteiger partial charge in [-0.05, 0) is 35.4 Å². The summed E-state index contributed by atoms with van der Waals surface area (Å²) in [6.45, 7) is 0. The molecule has 0 bridgehead atoms. The number of hydrogen-bond acceptors (Lipinski definition) is 4. The number of benzene rings is 2. The lowest BCUT2D eigenvalue weighted by molar-refractivity contribution is -0.384. The zero-order valence-corrected chi connectivity index (χ0v) is 10.5. The number of nitrogens with zero attached hydrogens (tertiary/aromatic N) is 1. The SMILES string of the molecule is COC(=O)c1cc(-c2ccc([N+](=O)[O-])cc2)ccc1F. The number of nitro benzene ring substituents is 1. The van der Waals surface area contributed by atoms with Crippen molar-refractivity contribution in [1.82, 2.24) is 0 Å². The van der Waals surface area contributed by atoms with Gasteiger partial charge in [0.1, 0.15) is 5.82 Å². The molecule has 5 nitrogen and oxygen atoms in total. The van der Waals surface area contributed by atoms with Gasteiger partial charge in [-0.25, -0.2) is 9.18 Å². The Bertz CT molecular complexity index is 667. The molecule has 0 saturated heterocycles. The maximum absolute atomic E-state index is 13.5. The number of rotatable bonds is 3. The highest BCUT2D eigenvalue weighted by atomic mass is 19.1. The Kier molecular flexibility index (Phi) is 3.74. The number of esters is 1. The molecule has 0 saturated carbocycles. The Labute approximate surface area is 113 Å². The number of methoxy groups -OCH3 is 1. The van der Waals surface area contributed by atoms with Crippen LogP contribution in [0, 0.1) is 15.9 Å². The van der Waals surface area contributed by atoms with Crippen molar-refractivity contribution >= 4 is 11.7 Å². The quantitative estimate of drug-likeness (QED) is 0.490. The molecule has 0 aromatic heterocycles. The molecule has 20 heavy (non-hydrogen) atoms. The van der Waals surface area contributed by atoms with Gasteiger partial charge in [0.15, 0.2) is 0 Å². The number of ether oxygens (including phenoxy) is 1. The maximum atomic E-state index is 13.5. The molecule has 6 heteroatoms. The van der Waals surface area contributed by atoms with Crippen LogP contribution in [0.1, 0.15) is 10.4 Å². The van der Waals surface area contributed by atoms with Crippen molar-refractivity contribution in [3.05, 3.63) is 64.0 Å². The predicted octanol–water partition coefficient (Wildman–Crippen LogP) is 3.19. The fourth-order valence-corrected chi connectivity index (χ4v) is 1.75. The van der Waals surface area contributed by atoms with Gasteiger partial charge < -0.3 is 4.74 Å². The smallest absolute Gasteiger partial charge is 0.340 e. The van der Waals surface area contributed by atoms with E-state index in [1.807, 2.05) is 0 Å². The van der Waals surface area contributed by atoms with E-state index in [9.17, 15) is 19.3 Å². The third-order valence-corrected chi connectivity index (χ3v) is 2.78. The average Bonchev–Trinajstić information content (AvgIpc) is 2.47. The first-order chi connectivity index (χ1) is 9.52. The van der Waals surface area contributed by atoms with E-state index in [4.69, 9.17) is 0 Å². The van der Waals surface area contributed by atoms with E-state index in [2.05, 4.69) is 4.74 Å². The number of carbonyl (C=O) groups is 1. The molecule has 0 aliphatic carbocycles. The summed E-state index contributed by atoms with van der Waals surface area (Å²) in [6.07, 6.45) is 0. The van der Waals surface area contributed by atoms with E-state index < -0.39 is 16.7 Å². The normalized spacial score (nSPS) is 10.1. The molecule has 0 radical (unpaired) electrons. The van der Waals surface area contributed by atoms with Gasteiger partial charge in [-0.15, -0.1) is 0 Å². The first-order valence-electron chi connectivity index (χ1n) is 5.65. The minimum Gasteiger partial charge on any atom is -0.465 e. The van der Waals surface area contributed by atoms with E-state index in [1.54, 1.807) is 0 Å². The summed E-state index contributed by atoms with van der Waals surface area (Å²) in [5.41, 5.74) is 0.995. The summed E-state index contributed by atoms with van der Waals surface area (Å²) in [6, 6.07) is 9.75. The summed E-state index contributed by atoms with van der Waals surface area (Å²) >= 11 is 0. The molecule has 0 aliphatic heterocycles. The van der Waals surface area contributed by atoms with Crippen molar-refractivity contribution in [3.8, 4) is 11.1 Å². The summed E-state index contributed by atoms with van der Waals surface area (Å²) in [5.74, 6) is -1.45. The fourth-order valence-electron chi connectivity index (χ4n) is 1.75. The lowest BCUT2D eigenvalue weighted by atomic mass is 10.0. The summed E-state index contributed by atoms with van der Waals surface area (Å²) in [7, 11) is 1.17. The molecule has 0 amide bonds. The second kappa shape index (κ2) is 5.48. The van der Waals surface area contributed by atoms with Crippen molar-refractivity contribution < 1.29 is 18.8 Å². The van der Waals surface area contributed by atoms with Gasteiger partial charge in [0, 0.05) is 12.1 Å². The lowest BCUT2D eigenvalue weighted by Crippen LogP contribution is -2.04. The monoisotopic (exact) mass is 275 g/mol. The topological polar surface area (TPSA) is 69.4 Å². The van der Waals surface area contributed by atoms with Crippen LogP contribution in [0.5, 0.6) is 0 Å². The molecule has 2 rings (SSSR count). The molecule has 0 unspecified atom stereocenters. The second-order valence-corrected chi connectivity index (χ2v) is 3.99. The maximum Gasteiger partial charge on any atom is 0.340 e. The van der Waals surface area contributed by atoms with Gasteiger partial charge in [0.05, 0.1) is 17.6 Å². The van der Waals surface area contributed by atoms with E-state index in [0.717, 1.165) is 6.07 Å². The van der Waals surface area contributed by atoms with Crippen LogP contribution in [-0.2, 0) is 4.74 Å². The van der Waals surface area contributed by atoms with Gasteiger partial charge >= 0.3 is 5.97 Å². The zero-order chi connectivity index (χ0) is 14.7. The highest BCUT2D eigenvalue weighted by Crippen LogP contribution is 2.24. The first kappa shape index (κ1) is 13.7. The Morgan fingerprint density at radius 2 is 1.75 bits per heavy atom. The number of hydrogen-bond donors (Lipinski definition) is 0. The minimum absolute atomic E-state index is 0.0379. The highest BCUT2D eigenvalue weighted by Gasteiger charge is 2.14. The Morgan fingerprint density at radius 3 is 2.30 bits per heavy atom.